The van der Waals surface area contributed by atoms with Gasteiger partial charge in [-0.05, 0) is 0 Å². The molecule has 0 atom stereocenters. The Bertz CT molecular complexity index is 360. The second-order valence-corrected chi connectivity index (χ2v) is 4.35. The van der Waals surface area contributed by atoms with Crippen LogP contribution in [0.25, 0.3) is 0 Å². The van der Waals surface area contributed by atoms with Crippen molar-refractivity contribution in [2.24, 2.45) is 0 Å². The van der Waals surface area contributed by atoms with Crippen LogP contribution in [0.1, 0.15) is 25.7 Å². The molecule has 0 unspecified atom stereocenters. The maximum absolute atomic E-state index is 10.7. The van der Waals surface area contributed by atoms with E-state index in [2.05, 4.69) is 0 Å². The number of aliphatic hydroxyl groups is 2. The first-order valence-electron chi connectivity index (χ1n) is 5.24. The standard InChI is InChI=1S/C10H14O10.Na.H/c11-5(12)1-9(19,2-6(13)14)10(20,3-7(15)16)4-8(17)18;;/h19-20H,1-4H2,(H,11,12)(H,13,14)(H,15,16)(H,17,18);;. The number of hydrogen-bond acceptors (Lipinski definition) is 6. The molecule has 0 fully saturated rings. The molecule has 0 aromatic rings. The van der Waals surface area contributed by atoms with E-state index in [1.807, 2.05) is 0 Å². The van der Waals surface area contributed by atoms with Gasteiger partial charge in [0.25, 0.3) is 0 Å². The summed E-state index contributed by atoms with van der Waals surface area (Å²) in [5.41, 5.74) is -5.89. The van der Waals surface area contributed by atoms with Crippen LogP contribution in [0.5, 0.6) is 0 Å². The van der Waals surface area contributed by atoms with E-state index in [4.69, 9.17) is 20.4 Å². The monoisotopic (exact) mass is 318 g/mol. The van der Waals surface area contributed by atoms with Gasteiger partial charge in [0, 0.05) is 0 Å². The fourth-order valence-electron chi connectivity index (χ4n) is 1.78. The topological polar surface area (TPSA) is 190 Å². The third kappa shape index (κ3) is 6.87. The SMILES string of the molecule is O=C(O)CC(O)(CC(=O)O)C(O)(CC(=O)O)CC(=O)O.[NaH]. The summed E-state index contributed by atoms with van der Waals surface area (Å²) in [7, 11) is 0. The number of carboxylic acids is 4. The van der Waals surface area contributed by atoms with Gasteiger partial charge in [0.15, 0.2) is 0 Å². The van der Waals surface area contributed by atoms with E-state index >= 15 is 0 Å². The van der Waals surface area contributed by atoms with E-state index in [0.717, 1.165) is 0 Å². The molecule has 0 radical (unpaired) electrons. The molecule has 0 aromatic heterocycles. The quantitative estimate of drug-likeness (QED) is 0.252. The van der Waals surface area contributed by atoms with Gasteiger partial charge in [-0.2, -0.15) is 0 Å². The van der Waals surface area contributed by atoms with Gasteiger partial charge in [-0.25, -0.2) is 0 Å². The van der Waals surface area contributed by atoms with E-state index in [0.29, 0.717) is 0 Å². The van der Waals surface area contributed by atoms with Crippen LogP contribution in [0.2, 0.25) is 0 Å². The van der Waals surface area contributed by atoms with E-state index in [-0.39, 0.29) is 29.6 Å². The minimum atomic E-state index is -2.94. The van der Waals surface area contributed by atoms with Gasteiger partial charge in [0.2, 0.25) is 0 Å². The zero-order valence-electron chi connectivity index (χ0n) is 10.1. The number of hydrogen-bond donors (Lipinski definition) is 6. The van der Waals surface area contributed by atoms with E-state index < -0.39 is 60.8 Å². The number of rotatable bonds is 9. The van der Waals surface area contributed by atoms with Crippen LogP contribution in [0.15, 0.2) is 0 Å². The fraction of sp³-hybridized carbons (Fsp3) is 0.600. The summed E-state index contributed by atoms with van der Waals surface area (Å²) in [5.74, 6) is -6.88. The molecule has 0 spiro atoms. The average molecular weight is 318 g/mol. The van der Waals surface area contributed by atoms with E-state index in [1.54, 1.807) is 0 Å². The van der Waals surface area contributed by atoms with Crippen molar-refractivity contribution >= 4 is 53.4 Å². The number of aliphatic carboxylic acids is 4. The Morgan fingerprint density at radius 1 is 0.571 bits per heavy atom. The maximum atomic E-state index is 10.7. The van der Waals surface area contributed by atoms with Crippen molar-refractivity contribution in [1.29, 1.82) is 0 Å². The third-order valence-corrected chi connectivity index (χ3v) is 2.64. The average Bonchev–Trinajstić information content (AvgIpc) is 2.10. The molecule has 0 aliphatic heterocycles. The number of carbonyl (C=O) groups is 4. The molecule has 116 valence electrons. The van der Waals surface area contributed by atoms with Crippen molar-refractivity contribution in [3.05, 3.63) is 0 Å². The molecular weight excluding hydrogens is 303 g/mol. The van der Waals surface area contributed by atoms with Gasteiger partial charge in [0.05, 0.1) is 25.7 Å². The Balaban J connectivity index is 0. The summed E-state index contributed by atoms with van der Waals surface area (Å²) in [6.45, 7) is 0. The Morgan fingerprint density at radius 2 is 0.714 bits per heavy atom. The second-order valence-electron chi connectivity index (χ2n) is 4.35. The van der Waals surface area contributed by atoms with Crippen molar-refractivity contribution < 1.29 is 49.8 Å². The van der Waals surface area contributed by atoms with E-state index in [9.17, 15) is 29.4 Å². The first kappa shape index (κ1) is 22.1. The summed E-state index contributed by atoms with van der Waals surface area (Å²) >= 11 is 0. The van der Waals surface area contributed by atoms with Gasteiger partial charge >= 0.3 is 53.4 Å². The van der Waals surface area contributed by atoms with Crippen LogP contribution < -0.4 is 0 Å². The molecule has 0 aromatic carbocycles. The van der Waals surface area contributed by atoms with Crippen molar-refractivity contribution in [2.45, 2.75) is 36.9 Å². The van der Waals surface area contributed by atoms with Crippen LogP contribution >= 0.6 is 0 Å². The van der Waals surface area contributed by atoms with Crippen molar-refractivity contribution in [2.75, 3.05) is 0 Å². The normalized spacial score (nSPS) is 11.3. The molecule has 0 saturated carbocycles. The molecule has 6 N–H and O–H groups in total. The van der Waals surface area contributed by atoms with Gasteiger partial charge < -0.3 is 30.6 Å². The molecule has 0 amide bonds. The van der Waals surface area contributed by atoms with Gasteiger partial charge in [0.1, 0.15) is 11.2 Å². The Kier molecular flexibility index (Phi) is 8.72. The van der Waals surface area contributed by atoms with Crippen LogP contribution in [-0.4, -0.2) is 95.3 Å². The van der Waals surface area contributed by atoms with Crippen LogP contribution in [0.4, 0.5) is 0 Å². The zero-order chi connectivity index (χ0) is 16.1. The predicted octanol–water partition coefficient (Wildman–Crippen LogP) is -2.30. The molecule has 0 bridgehead atoms. The summed E-state index contributed by atoms with van der Waals surface area (Å²) < 4.78 is 0. The molecule has 10 nitrogen and oxygen atoms in total. The first-order chi connectivity index (χ1) is 8.92. The van der Waals surface area contributed by atoms with Crippen LogP contribution in [0, 0.1) is 0 Å². The van der Waals surface area contributed by atoms with E-state index in [1.165, 1.54) is 0 Å². The predicted molar refractivity (Wildman–Crippen MR) is 66.1 cm³/mol. The fourth-order valence-corrected chi connectivity index (χ4v) is 1.78. The summed E-state index contributed by atoms with van der Waals surface area (Å²) in [6, 6.07) is 0. The molecule has 0 rings (SSSR count). The van der Waals surface area contributed by atoms with Crippen molar-refractivity contribution in [1.82, 2.24) is 0 Å². The molecule has 21 heavy (non-hydrogen) atoms. The van der Waals surface area contributed by atoms with Crippen LogP contribution in [0.3, 0.4) is 0 Å². The Hall–Kier alpha value is -1.20. The number of carboxylic acid groups (broad SMARTS) is 4. The molecule has 11 heteroatoms. The van der Waals surface area contributed by atoms with Crippen molar-refractivity contribution in [3.8, 4) is 0 Å². The van der Waals surface area contributed by atoms with Gasteiger partial charge in [-0.1, -0.05) is 0 Å². The first-order valence-corrected chi connectivity index (χ1v) is 5.24. The Morgan fingerprint density at radius 3 is 0.810 bits per heavy atom. The van der Waals surface area contributed by atoms with Crippen LogP contribution in [-0.2, 0) is 19.2 Å². The van der Waals surface area contributed by atoms with Gasteiger partial charge in [-0.15, -0.1) is 0 Å². The molecule has 0 saturated heterocycles. The zero-order valence-corrected chi connectivity index (χ0v) is 10.1. The molecular formula is C10H15NaO10. The third-order valence-electron chi connectivity index (χ3n) is 2.64. The Labute approximate surface area is 140 Å². The second kappa shape index (κ2) is 8.29. The molecule has 0 heterocycles. The summed E-state index contributed by atoms with van der Waals surface area (Å²) in [4.78, 5) is 42.6. The van der Waals surface area contributed by atoms with Crippen molar-refractivity contribution in [3.63, 3.8) is 0 Å². The molecule has 0 aliphatic carbocycles. The van der Waals surface area contributed by atoms with Gasteiger partial charge in [-0.3, -0.25) is 19.2 Å². The summed E-state index contributed by atoms with van der Waals surface area (Å²) in [5, 5.41) is 54.6. The minimum absolute atomic E-state index is 0. The summed E-state index contributed by atoms with van der Waals surface area (Å²) in [6.07, 6.45) is -5.29. The molecule has 0 aliphatic rings.